The number of hydrogen-bond donors (Lipinski definition) is 3. The zero-order valence-electron chi connectivity index (χ0n) is 12.9. The van der Waals surface area contributed by atoms with Crippen molar-refractivity contribution in [3.63, 3.8) is 0 Å². The first-order valence-electron chi connectivity index (χ1n) is 6.82. The second kappa shape index (κ2) is 7.35. The molecular formula is C15H21ClN2O4. The van der Waals surface area contributed by atoms with Gasteiger partial charge in [-0.25, -0.2) is 4.79 Å². The van der Waals surface area contributed by atoms with E-state index in [1.165, 1.54) is 0 Å². The molecular weight excluding hydrogens is 308 g/mol. The highest BCUT2D eigenvalue weighted by Gasteiger charge is 2.22. The van der Waals surface area contributed by atoms with Gasteiger partial charge in [-0.3, -0.25) is 4.79 Å². The van der Waals surface area contributed by atoms with Crippen molar-refractivity contribution in [3.8, 4) is 0 Å². The lowest BCUT2D eigenvalue weighted by atomic mass is 10.0. The average Bonchev–Trinajstić information content (AvgIpc) is 2.30. The highest BCUT2D eigenvalue weighted by atomic mass is 35.5. The molecule has 0 saturated heterocycles. The lowest BCUT2D eigenvalue weighted by molar-refractivity contribution is -0.137. The van der Waals surface area contributed by atoms with Crippen LogP contribution in [-0.2, 0) is 16.0 Å². The van der Waals surface area contributed by atoms with Crippen LogP contribution in [0.3, 0.4) is 0 Å². The number of amides is 1. The third kappa shape index (κ3) is 6.67. The molecule has 0 spiro atoms. The Morgan fingerprint density at radius 3 is 2.59 bits per heavy atom. The maximum atomic E-state index is 11.8. The molecule has 0 fully saturated rings. The number of rotatable bonds is 5. The van der Waals surface area contributed by atoms with Crippen LogP contribution in [0.15, 0.2) is 18.2 Å². The van der Waals surface area contributed by atoms with Crippen molar-refractivity contribution in [2.45, 2.75) is 45.3 Å². The van der Waals surface area contributed by atoms with Crippen LogP contribution in [0.1, 0.15) is 32.8 Å². The van der Waals surface area contributed by atoms with Gasteiger partial charge in [0.15, 0.2) is 0 Å². The minimum Gasteiger partial charge on any atom is -0.481 e. The van der Waals surface area contributed by atoms with E-state index in [-0.39, 0.29) is 12.8 Å². The van der Waals surface area contributed by atoms with E-state index in [9.17, 15) is 9.59 Å². The van der Waals surface area contributed by atoms with Gasteiger partial charge in [0, 0.05) is 16.8 Å². The number of carboxylic acids is 1. The minimum atomic E-state index is -1.03. The number of nitrogen functional groups attached to an aromatic ring is 1. The molecule has 7 heteroatoms. The van der Waals surface area contributed by atoms with Crippen LogP contribution in [-0.4, -0.2) is 28.8 Å². The molecule has 0 aliphatic carbocycles. The van der Waals surface area contributed by atoms with Crippen LogP contribution >= 0.6 is 11.6 Å². The number of aliphatic carboxylic acids is 1. The molecule has 4 N–H and O–H groups in total. The Morgan fingerprint density at radius 2 is 2.05 bits per heavy atom. The fraction of sp³-hybridized carbons (Fsp3) is 0.467. The highest BCUT2D eigenvalue weighted by molar-refractivity contribution is 6.30. The van der Waals surface area contributed by atoms with Crippen molar-refractivity contribution >= 4 is 29.4 Å². The monoisotopic (exact) mass is 328 g/mol. The average molecular weight is 329 g/mol. The minimum absolute atomic E-state index is 0.245. The molecule has 0 heterocycles. The molecule has 1 rings (SSSR count). The van der Waals surface area contributed by atoms with Crippen molar-refractivity contribution in [2.24, 2.45) is 0 Å². The summed E-state index contributed by atoms with van der Waals surface area (Å²) >= 11 is 5.91. The van der Waals surface area contributed by atoms with E-state index in [1.54, 1.807) is 39.0 Å². The molecule has 22 heavy (non-hydrogen) atoms. The number of benzene rings is 1. The predicted octanol–water partition coefficient (Wildman–Crippen LogP) is 2.83. The van der Waals surface area contributed by atoms with Crippen molar-refractivity contribution in [2.75, 3.05) is 5.73 Å². The first kappa shape index (κ1) is 18.1. The Morgan fingerprint density at radius 1 is 1.41 bits per heavy atom. The molecule has 0 aromatic heterocycles. The summed E-state index contributed by atoms with van der Waals surface area (Å²) in [6.07, 6.45) is -0.664. The molecule has 1 aromatic carbocycles. The second-order valence-corrected chi connectivity index (χ2v) is 6.42. The third-order valence-corrected chi connectivity index (χ3v) is 2.95. The largest absolute Gasteiger partial charge is 0.481 e. The van der Waals surface area contributed by atoms with Gasteiger partial charge in [-0.2, -0.15) is 0 Å². The lowest BCUT2D eigenvalue weighted by Gasteiger charge is -2.23. The summed E-state index contributed by atoms with van der Waals surface area (Å²) in [5, 5.41) is 12.0. The molecule has 0 saturated carbocycles. The van der Waals surface area contributed by atoms with E-state index in [2.05, 4.69) is 5.32 Å². The van der Waals surface area contributed by atoms with Gasteiger partial charge in [-0.15, -0.1) is 0 Å². The maximum absolute atomic E-state index is 11.8. The zero-order valence-corrected chi connectivity index (χ0v) is 13.6. The Bertz CT molecular complexity index is 555. The summed E-state index contributed by atoms with van der Waals surface area (Å²) in [6, 6.07) is 4.30. The Labute approximate surface area is 134 Å². The van der Waals surface area contributed by atoms with Gasteiger partial charge >= 0.3 is 12.1 Å². The van der Waals surface area contributed by atoms with Crippen molar-refractivity contribution in [1.82, 2.24) is 5.32 Å². The van der Waals surface area contributed by atoms with E-state index in [4.69, 9.17) is 27.2 Å². The topological polar surface area (TPSA) is 102 Å². The Kier molecular flexibility index (Phi) is 6.05. The van der Waals surface area contributed by atoms with Gasteiger partial charge in [-0.1, -0.05) is 11.6 Å². The molecule has 1 aromatic rings. The van der Waals surface area contributed by atoms with Crippen LogP contribution < -0.4 is 11.1 Å². The van der Waals surface area contributed by atoms with Gasteiger partial charge in [-0.05, 0) is 51.0 Å². The van der Waals surface area contributed by atoms with E-state index < -0.39 is 23.7 Å². The number of carbonyl (C=O) groups is 2. The van der Waals surface area contributed by atoms with E-state index in [1.807, 2.05) is 0 Å². The standard InChI is InChI=1S/C15H21ClN2O4/c1-15(2,3)22-14(21)18-11(8-13(19)20)7-9-6-10(16)4-5-12(9)17/h4-6,11H,7-8,17H2,1-3H3,(H,18,21)(H,19,20). The SMILES string of the molecule is CC(C)(C)OC(=O)NC(CC(=O)O)Cc1cc(Cl)ccc1N. The number of carboxylic acid groups (broad SMARTS) is 1. The maximum Gasteiger partial charge on any atom is 0.407 e. The van der Waals surface area contributed by atoms with Gasteiger partial charge in [0.1, 0.15) is 5.60 Å². The second-order valence-electron chi connectivity index (χ2n) is 5.99. The predicted molar refractivity (Wildman–Crippen MR) is 85.0 cm³/mol. The number of nitrogens with one attached hydrogen (secondary N) is 1. The van der Waals surface area contributed by atoms with E-state index >= 15 is 0 Å². The first-order valence-corrected chi connectivity index (χ1v) is 7.20. The lowest BCUT2D eigenvalue weighted by Crippen LogP contribution is -2.41. The van der Waals surface area contributed by atoms with Gasteiger partial charge in [0.05, 0.1) is 6.42 Å². The van der Waals surface area contributed by atoms with Crippen molar-refractivity contribution in [3.05, 3.63) is 28.8 Å². The normalized spacial score (nSPS) is 12.5. The Hall–Kier alpha value is -1.95. The van der Waals surface area contributed by atoms with Crippen molar-refractivity contribution in [1.29, 1.82) is 0 Å². The molecule has 6 nitrogen and oxygen atoms in total. The van der Waals surface area contributed by atoms with Crippen LogP contribution in [0.2, 0.25) is 5.02 Å². The smallest absolute Gasteiger partial charge is 0.407 e. The number of halogens is 1. The number of anilines is 1. The first-order chi connectivity index (χ1) is 10.1. The number of hydrogen-bond acceptors (Lipinski definition) is 4. The number of ether oxygens (including phenoxy) is 1. The molecule has 122 valence electrons. The summed E-state index contributed by atoms with van der Waals surface area (Å²) in [4.78, 5) is 22.8. The number of alkyl carbamates (subject to hydrolysis) is 1. The Balaban J connectivity index is 2.82. The number of carbonyl (C=O) groups excluding carboxylic acids is 1. The fourth-order valence-corrected chi connectivity index (χ4v) is 2.07. The molecule has 0 bridgehead atoms. The molecule has 0 radical (unpaired) electrons. The van der Waals surface area contributed by atoms with E-state index in [0.29, 0.717) is 16.3 Å². The molecule has 0 aliphatic rings. The zero-order chi connectivity index (χ0) is 16.9. The quantitative estimate of drug-likeness (QED) is 0.721. The van der Waals surface area contributed by atoms with Gasteiger partial charge in [0.2, 0.25) is 0 Å². The fourth-order valence-electron chi connectivity index (χ4n) is 1.88. The number of nitrogens with two attached hydrogens (primary N) is 1. The molecule has 1 atom stereocenters. The summed E-state index contributed by atoms with van der Waals surface area (Å²) in [5.41, 5.74) is 6.36. The van der Waals surface area contributed by atoms with Crippen LogP contribution in [0.5, 0.6) is 0 Å². The van der Waals surface area contributed by atoms with Crippen molar-refractivity contribution < 1.29 is 19.4 Å². The van der Waals surface area contributed by atoms with Gasteiger partial charge < -0.3 is 20.9 Å². The van der Waals surface area contributed by atoms with E-state index in [0.717, 1.165) is 0 Å². The van der Waals surface area contributed by atoms with Crippen LogP contribution in [0.4, 0.5) is 10.5 Å². The third-order valence-electron chi connectivity index (χ3n) is 2.71. The highest BCUT2D eigenvalue weighted by Crippen LogP contribution is 2.20. The molecule has 1 unspecified atom stereocenters. The summed E-state index contributed by atoms with van der Waals surface area (Å²) in [7, 11) is 0. The summed E-state index contributed by atoms with van der Waals surface area (Å²) in [5.74, 6) is -1.03. The van der Waals surface area contributed by atoms with Crippen LogP contribution in [0.25, 0.3) is 0 Å². The molecule has 0 aliphatic heterocycles. The summed E-state index contributed by atoms with van der Waals surface area (Å²) < 4.78 is 5.14. The van der Waals surface area contributed by atoms with Crippen LogP contribution in [0, 0.1) is 0 Å². The van der Waals surface area contributed by atoms with Gasteiger partial charge in [0.25, 0.3) is 0 Å². The molecule has 1 amide bonds. The summed E-state index contributed by atoms with van der Waals surface area (Å²) in [6.45, 7) is 5.19.